The van der Waals surface area contributed by atoms with Gasteiger partial charge in [-0.05, 0) is 26.0 Å². The molecule has 0 spiro atoms. The van der Waals surface area contributed by atoms with Crippen LogP contribution in [-0.2, 0) is 16.0 Å². The summed E-state index contributed by atoms with van der Waals surface area (Å²) in [6.07, 6.45) is 1.04. The maximum absolute atomic E-state index is 14.4. The number of rotatable bonds is 7. The van der Waals surface area contributed by atoms with Crippen LogP contribution in [0.3, 0.4) is 0 Å². The standard InChI is InChI=1S/C16H21FN2O3/c1-4-21-16(22-5-2)12-7-10-6-11(8-18)15(20-3)13(17)14(10)19-9-12/h6-7,9,16H,4-5,8,18H2,1-3H3. The lowest BCUT2D eigenvalue weighted by Crippen LogP contribution is -2.10. The summed E-state index contributed by atoms with van der Waals surface area (Å²) >= 11 is 0. The lowest BCUT2D eigenvalue weighted by atomic mass is 10.1. The number of hydrogen-bond donors (Lipinski definition) is 1. The molecule has 120 valence electrons. The number of nitrogens with two attached hydrogens (primary N) is 1. The second-order valence-electron chi connectivity index (χ2n) is 4.67. The first-order chi connectivity index (χ1) is 10.7. The smallest absolute Gasteiger partial charge is 0.191 e. The highest BCUT2D eigenvalue weighted by Gasteiger charge is 2.17. The maximum Gasteiger partial charge on any atom is 0.191 e. The molecular formula is C16H21FN2O3. The van der Waals surface area contributed by atoms with Gasteiger partial charge in [0, 0.05) is 42.5 Å². The molecule has 0 aliphatic heterocycles. The van der Waals surface area contributed by atoms with Crippen molar-refractivity contribution in [1.29, 1.82) is 0 Å². The molecule has 0 atom stereocenters. The van der Waals surface area contributed by atoms with Crippen LogP contribution in [-0.4, -0.2) is 25.3 Å². The molecule has 0 fully saturated rings. The van der Waals surface area contributed by atoms with E-state index in [2.05, 4.69) is 4.98 Å². The third-order valence-electron chi connectivity index (χ3n) is 3.30. The van der Waals surface area contributed by atoms with Gasteiger partial charge in [-0.25, -0.2) is 4.39 Å². The molecule has 0 amide bonds. The zero-order valence-corrected chi connectivity index (χ0v) is 13.1. The molecule has 0 saturated heterocycles. The van der Waals surface area contributed by atoms with Crippen molar-refractivity contribution in [1.82, 2.24) is 4.98 Å². The van der Waals surface area contributed by atoms with Gasteiger partial charge in [0.2, 0.25) is 0 Å². The maximum atomic E-state index is 14.4. The Balaban J connectivity index is 2.54. The van der Waals surface area contributed by atoms with E-state index in [-0.39, 0.29) is 17.8 Å². The monoisotopic (exact) mass is 308 g/mol. The van der Waals surface area contributed by atoms with E-state index in [1.165, 1.54) is 7.11 Å². The molecule has 0 bridgehead atoms. The zero-order valence-electron chi connectivity index (χ0n) is 13.1. The Morgan fingerprint density at radius 1 is 1.23 bits per heavy atom. The molecule has 0 aliphatic rings. The molecule has 0 aliphatic carbocycles. The molecule has 2 aromatic rings. The zero-order chi connectivity index (χ0) is 16.1. The van der Waals surface area contributed by atoms with E-state index in [1.54, 1.807) is 18.3 Å². The molecule has 1 heterocycles. The van der Waals surface area contributed by atoms with Gasteiger partial charge in [0.15, 0.2) is 17.9 Å². The van der Waals surface area contributed by atoms with Crippen LogP contribution in [0, 0.1) is 5.82 Å². The van der Waals surface area contributed by atoms with Crippen molar-refractivity contribution < 1.29 is 18.6 Å². The first-order valence-corrected chi connectivity index (χ1v) is 7.24. The van der Waals surface area contributed by atoms with Crippen molar-refractivity contribution >= 4 is 10.9 Å². The molecule has 1 aromatic heterocycles. The summed E-state index contributed by atoms with van der Waals surface area (Å²) < 4.78 is 30.6. The predicted octanol–water partition coefficient (Wildman–Crippen LogP) is 2.91. The summed E-state index contributed by atoms with van der Waals surface area (Å²) in [5.41, 5.74) is 7.24. The fourth-order valence-electron chi connectivity index (χ4n) is 2.34. The van der Waals surface area contributed by atoms with Gasteiger partial charge >= 0.3 is 0 Å². The van der Waals surface area contributed by atoms with Crippen LogP contribution in [0.25, 0.3) is 10.9 Å². The van der Waals surface area contributed by atoms with E-state index < -0.39 is 12.1 Å². The Morgan fingerprint density at radius 3 is 2.45 bits per heavy atom. The number of methoxy groups -OCH3 is 1. The van der Waals surface area contributed by atoms with Crippen molar-refractivity contribution in [2.75, 3.05) is 20.3 Å². The van der Waals surface area contributed by atoms with Crippen LogP contribution in [0.1, 0.15) is 31.3 Å². The Kier molecular flexibility index (Phi) is 5.65. The summed E-state index contributed by atoms with van der Waals surface area (Å²) in [4.78, 5) is 4.19. The van der Waals surface area contributed by atoms with E-state index in [1.807, 2.05) is 13.8 Å². The third-order valence-corrected chi connectivity index (χ3v) is 3.30. The molecule has 2 rings (SSSR count). The molecule has 5 nitrogen and oxygen atoms in total. The van der Waals surface area contributed by atoms with Crippen molar-refractivity contribution in [3.63, 3.8) is 0 Å². The van der Waals surface area contributed by atoms with Gasteiger partial charge in [0.1, 0.15) is 5.52 Å². The van der Waals surface area contributed by atoms with Crippen LogP contribution < -0.4 is 10.5 Å². The number of nitrogens with zero attached hydrogens (tertiary/aromatic N) is 1. The van der Waals surface area contributed by atoms with Gasteiger partial charge in [-0.2, -0.15) is 0 Å². The Hall–Kier alpha value is -1.76. The van der Waals surface area contributed by atoms with E-state index in [9.17, 15) is 4.39 Å². The van der Waals surface area contributed by atoms with Crippen LogP contribution in [0.5, 0.6) is 5.75 Å². The lowest BCUT2D eigenvalue weighted by Gasteiger charge is -2.18. The topological polar surface area (TPSA) is 66.6 Å². The Morgan fingerprint density at radius 2 is 1.91 bits per heavy atom. The largest absolute Gasteiger partial charge is 0.493 e. The van der Waals surface area contributed by atoms with Crippen molar-refractivity contribution in [2.24, 2.45) is 5.73 Å². The Bertz CT molecular complexity index is 643. The SMILES string of the molecule is CCOC(OCC)c1cnc2c(F)c(OC)c(CN)cc2c1. The second-order valence-corrected chi connectivity index (χ2v) is 4.67. The molecule has 0 saturated carbocycles. The van der Waals surface area contributed by atoms with Crippen LogP contribution in [0.4, 0.5) is 4.39 Å². The van der Waals surface area contributed by atoms with Gasteiger partial charge in [0.25, 0.3) is 0 Å². The van der Waals surface area contributed by atoms with Gasteiger partial charge in [-0.1, -0.05) is 0 Å². The number of ether oxygens (including phenoxy) is 3. The fourth-order valence-corrected chi connectivity index (χ4v) is 2.34. The number of hydrogen-bond acceptors (Lipinski definition) is 5. The van der Waals surface area contributed by atoms with Gasteiger partial charge in [0.05, 0.1) is 7.11 Å². The van der Waals surface area contributed by atoms with Gasteiger partial charge in [-0.3, -0.25) is 4.98 Å². The van der Waals surface area contributed by atoms with E-state index >= 15 is 0 Å². The minimum atomic E-state index is -0.515. The van der Waals surface area contributed by atoms with E-state index in [0.717, 1.165) is 5.56 Å². The second kappa shape index (κ2) is 7.49. The van der Waals surface area contributed by atoms with E-state index in [0.29, 0.717) is 24.2 Å². The molecule has 6 heteroatoms. The Labute approximate surface area is 129 Å². The molecule has 2 N–H and O–H groups in total. The highest BCUT2D eigenvalue weighted by atomic mass is 19.1. The first-order valence-electron chi connectivity index (χ1n) is 7.24. The van der Waals surface area contributed by atoms with Crippen LogP contribution in [0.2, 0.25) is 0 Å². The minimum absolute atomic E-state index is 0.140. The number of benzene rings is 1. The molecule has 0 unspecified atom stereocenters. The fraction of sp³-hybridized carbons (Fsp3) is 0.438. The normalized spacial score (nSPS) is 11.4. The van der Waals surface area contributed by atoms with Gasteiger partial charge in [-0.15, -0.1) is 0 Å². The summed E-state index contributed by atoms with van der Waals surface area (Å²) in [5.74, 6) is -0.363. The summed E-state index contributed by atoms with van der Waals surface area (Å²) in [7, 11) is 1.41. The molecule has 22 heavy (non-hydrogen) atoms. The van der Waals surface area contributed by atoms with Crippen molar-refractivity contribution in [2.45, 2.75) is 26.7 Å². The number of pyridine rings is 1. The first kappa shape index (κ1) is 16.6. The predicted molar refractivity (Wildman–Crippen MR) is 82.1 cm³/mol. The minimum Gasteiger partial charge on any atom is -0.493 e. The lowest BCUT2D eigenvalue weighted by molar-refractivity contribution is -0.140. The highest BCUT2D eigenvalue weighted by molar-refractivity contribution is 5.82. The van der Waals surface area contributed by atoms with Crippen LogP contribution in [0.15, 0.2) is 18.3 Å². The quantitative estimate of drug-likeness (QED) is 0.797. The third kappa shape index (κ3) is 3.19. The summed E-state index contributed by atoms with van der Waals surface area (Å²) in [6, 6.07) is 3.59. The average Bonchev–Trinajstić information content (AvgIpc) is 2.54. The highest BCUT2D eigenvalue weighted by Crippen LogP contribution is 2.31. The number of fused-ring (bicyclic) bond motifs is 1. The number of aromatic nitrogens is 1. The van der Waals surface area contributed by atoms with E-state index in [4.69, 9.17) is 19.9 Å². The molecule has 0 radical (unpaired) electrons. The molecule has 1 aromatic carbocycles. The van der Waals surface area contributed by atoms with Crippen molar-refractivity contribution in [3.05, 3.63) is 35.3 Å². The number of halogens is 1. The summed E-state index contributed by atoms with van der Waals surface area (Å²) in [5, 5.41) is 0.639. The average molecular weight is 308 g/mol. The van der Waals surface area contributed by atoms with Gasteiger partial charge < -0.3 is 19.9 Å². The molecular weight excluding hydrogens is 287 g/mol. The van der Waals surface area contributed by atoms with Crippen molar-refractivity contribution in [3.8, 4) is 5.75 Å². The van der Waals surface area contributed by atoms with Crippen LogP contribution >= 0.6 is 0 Å². The summed E-state index contributed by atoms with van der Waals surface area (Å²) in [6.45, 7) is 4.97.